The molecular weight excluding hydrogens is 283 g/mol. The maximum absolute atomic E-state index is 12.1. The Morgan fingerprint density at radius 1 is 1.32 bits per heavy atom. The van der Waals surface area contributed by atoms with Crippen molar-refractivity contribution in [3.8, 4) is 11.5 Å². The Hall–Kier alpha value is -1.76. The van der Waals surface area contributed by atoms with Gasteiger partial charge in [-0.3, -0.25) is 0 Å². The molecule has 0 aliphatic rings. The van der Waals surface area contributed by atoms with Gasteiger partial charge in [0.25, 0.3) is 5.89 Å². The largest absolute Gasteiger partial charge is 0.399 e. The highest BCUT2D eigenvalue weighted by molar-refractivity contribution is 6.33. The minimum absolute atomic E-state index is 0.0224. The molecule has 1 heterocycles. The molecule has 0 saturated heterocycles. The lowest BCUT2D eigenvalue weighted by Gasteiger charge is -2.02. The average molecular weight is 292 g/mol. The molecule has 0 amide bonds. The van der Waals surface area contributed by atoms with Crippen LogP contribution in [0.3, 0.4) is 0 Å². The smallest absolute Gasteiger partial charge is 0.389 e. The van der Waals surface area contributed by atoms with Crippen molar-refractivity contribution >= 4 is 17.3 Å². The zero-order chi connectivity index (χ0) is 14.0. The van der Waals surface area contributed by atoms with E-state index in [0.29, 0.717) is 16.3 Å². The van der Waals surface area contributed by atoms with Gasteiger partial charge in [-0.1, -0.05) is 16.8 Å². The molecule has 102 valence electrons. The minimum Gasteiger partial charge on any atom is -0.399 e. The van der Waals surface area contributed by atoms with Gasteiger partial charge in [0.15, 0.2) is 5.82 Å². The Morgan fingerprint density at radius 2 is 2.05 bits per heavy atom. The maximum Gasteiger partial charge on any atom is 0.389 e. The molecule has 0 atom stereocenters. The molecule has 0 radical (unpaired) electrons. The van der Waals surface area contributed by atoms with Crippen LogP contribution in [-0.4, -0.2) is 16.3 Å². The molecular formula is C11H9ClF3N3O. The van der Waals surface area contributed by atoms with E-state index in [2.05, 4.69) is 10.1 Å². The summed E-state index contributed by atoms with van der Waals surface area (Å²) in [5.74, 6) is 0.0280. The summed E-state index contributed by atoms with van der Waals surface area (Å²) in [6.45, 7) is 0. The second kappa shape index (κ2) is 5.08. The summed E-state index contributed by atoms with van der Waals surface area (Å²) >= 11 is 5.93. The number of anilines is 1. The number of benzene rings is 1. The van der Waals surface area contributed by atoms with Gasteiger partial charge in [-0.15, -0.1) is 0 Å². The van der Waals surface area contributed by atoms with E-state index < -0.39 is 12.6 Å². The lowest BCUT2D eigenvalue weighted by Crippen LogP contribution is -2.09. The van der Waals surface area contributed by atoms with Gasteiger partial charge >= 0.3 is 6.18 Å². The monoisotopic (exact) mass is 291 g/mol. The summed E-state index contributed by atoms with van der Waals surface area (Å²) in [7, 11) is 0. The van der Waals surface area contributed by atoms with Crippen molar-refractivity contribution in [2.75, 3.05) is 5.73 Å². The van der Waals surface area contributed by atoms with E-state index >= 15 is 0 Å². The van der Waals surface area contributed by atoms with Crippen LogP contribution in [0.4, 0.5) is 18.9 Å². The fourth-order valence-corrected chi connectivity index (χ4v) is 1.62. The van der Waals surface area contributed by atoms with Crippen LogP contribution in [0, 0.1) is 0 Å². The van der Waals surface area contributed by atoms with Crippen LogP contribution in [0.15, 0.2) is 22.7 Å². The van der Waals surface area contributed by atoms with Gasteiger partial charge in [-0.25, -0.2) is 0 Å². The Morgan fingerprint density at radius 3 is 2.74 bits per heavy atom. The highest BCUT2D eigenvalue weighted by Gasteiger charge is 2.27. The van der Waals surface area contributed by atoms with Crippen molar-refractivity contribution in [1.82, 2.24) is 10.1 Å². The molecule has 0 bridgehead atoms. The number of hydrogen-bond acceptors (Lipinski definition) is 4. The Balaban J connectivity index is 2.19. The van der Waals surface area contributed by atoms with Crippen LogP contribution in [0.25, 0.3) is 11.5 Å². The van der Waals surface area contributed by atoms with Gasteiger partial charge in [0.1, 0.15) is 0 Å². The molecule has 0 saturated carbocycles. The number of aromatic nitrogens is 2. The van der Waals surface area contributed by atoms with Gasteiger partial charge in [-0.05, 0) is 18.2 Å². The Labute approximate surface area is 111 Å². The predicted molar refractivity (Wildman–Crippen MR) is 63.5 cm³/mol. The Kier molecular flexibility index (Phi) is 3.66. The summed E-state index contributed by atoms with van der Waals surface area (Å²) < 4.78 is 41.1. The summed E-state index contributed by atoms with van der Waals surface area (Å²) in [5.41, 5.74) is 6.43. The highest BCUT2D eigenvalue weighted by atomic mass is 35.5. The number of aryl methyl sites for hydroxylation is 1. The molecule has 0 aliphatic heterocycles. The summed E-state index contributed by atoms with van der Waals surface area (Å²) in [6, 6.07) is 4.65. The van der Waals surface area contributed by atoms with Crippen molar-refractivity contribution in [2.24, 2.45) is 0 Å². The fraction of sp³-hybridized carbons (Fsp3) is 0.273. The first-order valence-corrected chi connectivity index (χ1v) is 5.68. The van der Waals surface area contributed by atoms with Crippen molar-refractivity contribution in [2.45, 2.75) is 19.0 Å². The van der Waals surface area contributed by atoms with E-state index in [-0.39, 0.29) is 18.1 Å². The molecule has 4 nitrogen and oxygen atoms in total. The Bertz CT molecular complexity index is 583. The van der Waals surface area contributed by atoms with Crippen LogP contribution < -0.4 is 5.73 Å². The number of rotatable bonds is 3. The van der Waals surface area contributed by atoms with E-state index in [1.54, 1.807) is 12.1 Å². The van der Waals surface area contributed by atoms with Gasteiger partial charge in [0, 0.05) is 12.1 Å². The summed E-state index contributed by atoms with van der Waals surface area (Å²) in [6.07, 6.45) is -5.60. The zero-order valence-corrected chi connectivity index (χ0v) is 10.3. The number of nitrogens with zero attached hydrogens (tertiary/aromatic N) is 2. The lowest BCUT2D eigenvalue weighted by atomic mass is 10.2. The third-order valence-electron chi connectivity index (χ3n) is 2.32. The van der Waals surface area contributed by atoms with E-state index in [0.717, 1.165) is 0 Å². The number of alkyl halides is 3. The second-order valence-electron chi connectivity index (χ2n) is 3.87. The molecule has 1 aromatic carbocycles. The quantitative estimate of drug-likeness (QED) is 0.880. The van der Waals surface area contributed by atoms with Crippen LogP contribution in [0.5, 0.6) is 0 Å². The molecule has 0 fully saturated rings. The van der Waals surface area contributed by atoms with E-state index in [9.17, 15) is 13.2 Å². The summed E-state index contributed by atoms with van der Waals surface area (Å²) in [4.78, 5) is 3.87. The van der Waals surface area contributed by atoms with Crippen LogP contribution in [0.1, 0.15) is 12.2 Å². The summed E-state index contributed by atoms with van der Waals surface area (Å²) in [5, 5.41) is 3.81. The van der Waals surface area contributed by atoms with Gasteiger partial charge < -0.3 is 10.3 Å². The SMILES string of the molecule is Nc1ccc(Cl)c(-c2nc(CCC(F)(F)F)no2)c1. The predicted octanol–water partition coefficient (Wildman–Crippen LogP) is 3.47. The van der Waals surface area contributed by atoms with E-state index in [1.807, 2.05) is 0 Å². The molecule has 8 heteroatoms. The van der Waals surface area contributed by atoms with Crippen molar-refractivity contribution in [3.05, 3.63) is 29.0 Å². The second-order valence-corrected chi connectivity index (χ2v) is 4.28. The van der Waals surface area contributed by atoms with Crippen molar-refractivity contribution in [1.29, 1.82) is 0 Å². The maximum atomic E-state index is 12.1. The molecule has 19 heavy (non-hydrogen) atoms. The third kappa shape index (κ3) is 3.60. The fourth-order valence-electron chi connectivity index (χ4n) is 1.43. The van der Waals surface area contributed by atoms with Gasteiger partial charge in [-0.2, -0.15) is 18.2 Å². The normalized spacial score (nSPS) is 11.8. The number of halogens is 4. The minimum atomic E-state index is -4.25. The van der Waals surface area contributed by atoms with Crippen molar-refractivity contribution in [3.63, 3.8) is 0 Å². The van der Waals surface area contributed by atoms with Crippen LogP contribution in [-0.2, 0) is 6.42 Å². The molecule has 2 rings (SSSR count). The van der Waals surface area contributed by atoms with Gasteiger partial charge in [0.05, 0.1) is 17.0 Å². The first kappa shape index (κ1) is 13.7. The molecule has 1 aromatic heterocycles. The topological polar surface area (TPSA) is 64.9 Å². The highest BCUT2D eigenvalue weighted by Crippen LogP contribution is 2.29. The first-order valence-electron chi connectivity index (χ1n) is 5.30. The third-order valence-corrected chi connectivity index (χ3v) is 2.65. The van der Waals surface area contributed by atoms with E-state index in [1.165, 1.54) is 6.07 Å². The van der Waals surface area contributed by atoms with Crippen LogP contribution >= 0.6 is 11.6 Å². The van der Waals surface area contributed by atoms with Crippen molar-refractivity contribution < 1.29 is 17.7 Å². The zero-order valence-electron chi connectivity index (χ0n) is 9.54. The average Bonchev–Trinajstić information content (AvgIpc) is 2.77. The molecule has 2 N–H and O–H groups in total. The standard InChI is InChI=1S/C11H9ClF3N3O/c12-8-2-1-6(16)5-7(8)10-17-9(18-19-10)3-4-11(13,14)15/h1-2,5H,3-4,16H2. The van der Waals surface area contributed by atoms with Gasteiger partial charge in [0.2, 0.25) is 0 Å². The molecule has 0 aliphatic carbocycles. The number of nitrogens with two attached hydrogens (primary N) is 1. The molecule has 2 aromatic rings. The molecule has 0 unspecified atom stereocenters. The number of hydrogen-bond donors (Lipinski definition) is 1. The van der Waals surface area contributed by atoms with E-state index in [4.69, 9.17) is 21.9 Å². The number of nitrogen functional groups attached to an aromatic ring is 1. The van der Waals surface area contributed by atoms with Crippen LogP contribution in [0.2, 0.25) is 5.02 Å². The first-order chi connectivity index (χ1) is 8.85. The molecule has 0 spiro atoms. The lowest BCUT2D eigenvalue weighted by molar-refractivity contribution is -0.134.